The van der Waals surface area contributed by atoms with Crippen LogP contribution >= 0.6 is 15.9 Å². The van der Waals surface area contributed by atoms with Gasteiger partial charge in [0.1, 0.15) is 18.1 Å². The maximum atomic E-state index is 12.6. The van der Waals surface area contributed by atoms with Crippen molar-refractivity contribution in [2.45, 2.75) is 13.5 Å². The van der Waals surface area contributed by atoms with Gasteiger partial charge < -0.3 is 14.8 Å². The number of hydrogen-bond acceptors (Lipinski definition) is 3. The van der Waals surface area contributed by atoms with Gasteiger partial charge in [0.15, 0.2) is 0 Å². The van der Waals surface area contributed by atoms with Crippen LogP contribution < -0.4 is 14.8 Å². The Balaban J connectivity index is 1.77. The Morgan fingerprint density at radius 3 is 2.41 bits per heavy atom. The average Bonchev–Trinajstić information content (AvgIpc) is 2.70. The number of anilines is 1. The fourth-order valence-corrected chi connectivity index (χ4v) is 2.81. The molecule has 27 heavy (non-hydrogen) atoms. The van der Waals surface area contributed by atoms with Gasteiger partial charge in [0.25, 0.3) is 5.91 Å². The summed E-state index contributed by atoms with van der Waals surface area (Å²) in [7, 11) is 0. The Labute approximate surface area is 167 Å². The predicted octanol–water partition coefficient (Wildman–Crippen LogP) is 5.68. The average molecular weight is 426 g/mol. The molecule has 0 saturated heterocycles. The number of benzene rings is 3. The van der Waals surface area contributed by atoms with E-state index in [-0.39, 0.29) is 5.91 Å². The van der Waals surface area contributed by atoms with Gasteiger partial charge in [-0.05, 0) is 61.5 Å². The number of rotatable bonds is 7. The highest BCUT2D eigenvalue weighted by molar-refractivity contribution is 9.10. The molecule has 5 heteroatoms. The predicted molar refractivity (Wildman–Crippen MR) is 110 cm³/mol. The van der Waals surface area contributed by atoms with E-state index >= 15 is 0 Å². The lowest BCUT2D eigenvalue weighted by Gasteiger charge is -2.13. The molecule has 0 radical (unpaired) electrons. The molecule has 0 atom stereocenters. The number of nitrogens with one attached hydrogen (secondary N) is 1. The van der Waals surface area contributed by atoms with Gasteiger partial charge in [-0.1, -0.05) is 34.1 Å². The second-order valence-corrected chi connectivity index (χ2v) is 6.73. The molecule has 1 amide bonds. The van der Waals surface area contributed by atoms with Crippen molar-refractivity contribution in [3.05, 3.63) is 88.4 Å². The Morgan fingerprint density at radius 2 is 1.70 bits per heavy atom. The van der Waals surface area contributed by atoms with E-state index in [1.54, 1.807) is 6.07 Å². The van der Waals surface area contributed by atoms with Gasteiger partial charge in [0, 0.05) is 21.3 Å². The molecular weight excluding hydrogens is 406 g/mol. The van der Waals surface area contributed by atoms with Crippen molar-refractivity contribution in [2.24, 2.45) is 0 Å². The molecular formula is C22H20BrNO3. The third-order valence-corrected chi connectivity index (χ3v) is 4.39. The van der Waals surface area contributed by atoms with Gasteiger partial charge in [-0.3, -0.25) is 4.79 Å². The molecule has 0 unspecified atom stereocenters. The second kappa shape index (κ2) is 9.24. The number of carbonyl (C=O) groups is 1. The first-order chi connectivity index (χ1) is 13.2. The highest BCUT2D eigenvalue weighted by atomic mass is 79.9. The summed E-state index contributed by atoms with van der Waals surface area (Å²) >= 11 is 3.38. The van der Waals surface area contributed by atoms with Crippen LogP contribution in [0.15, 0.2) is 77.3 Å². The summed E-state index contributed by atoms with van der Waals surface area (Å²) in [5.41, 5.74) is 2.11. The van der Waals surface area contributed by atoms with Crippen molar-refractivity contribution >= 4 is 27.5 Å². The van der Waals surface area contributed by atoms with Crippen LogP contribution in [0.5, 0.6) is 11.5 Å². The Kier molecular flexibility index (Phi) is 6.49. The smallest absolute Gasteiger partial charge is 0.255 e. The largest absolute Gasteiger partial charge is 0.493 e. The Hall–Kier alpha value is -2.79. The summed E-state index contributed by atoms with van der Waals surface area (Å²) in [6.07, 6.45) is 0. The lowest BCUT2D eigenvalue weighted by atomic mass is 10.1. The first-order valence-corrected chi connectivity index (χ1v) is 9.45. The summed E-state index contributed by atoms with van der Waals surface area (Å²) in [5, 5.41) is 2.90. The van der Waals surface area contributed by atoms with E-state index in [1.807, 2.05) is 73.7 Å². The molecule has 0 aromatic heterocycles. The van der Waals surface area contributed by atoms with Gasteiger partial charge in [0.05, 0.1) is 6.61 Å². The molecule has 1 N–H and O–H groups in total. The lowest BCUT2D eigenvalue weighted by Crippen LogP contribution is -2.13. The summed E-state index contributed by atoms with van der Waals surface area (Å²) in [6.45, 7) is 2.79. The standard InChI is InChI=1S/C22H20BrNO3/c1-2-26-21-13-8-16(22(25)24-19-11-9-18(23)10-12-19)14-17(21)15-27-20-6-4-3-5-7-20/h3-14H,2,15H2,1H3,(H,24,25). The lowest BCUT2D eigenvalue weighted by molar-refractivity contribution is 0.102. The fourth-order valence-electron chi connectivity index (χ4n) is 2.54. The highest BCUT2D eigenvalue weighted by Gasteiger charge is 2.12. The maximum absolute atomic E-state index is 12.6. The molecule has 0 aliphatic rings. The summed E-state index contributed by atoms with van der Waals surface area (Å²) in [4.78, 5) is 12.6. The van der Waals surface area contributed by atoms with E-state index in [0.29, 0.717) is 24.5 Å². The van der Waals surface area contributed by atoms with E-state index in [1.165, 1.54) is 0 Å². The number of hydrogen-bond donors (Lipinski definition) is 1. The SMILES string of the molecule is CCOc1ccc(C(=O)Nc2ccc(Br)cc2)cc1COc1ccccc1. The topological polar surface area (TPSA) is 47.6 Å². The zero-order valence-electron chi connectivity index (χ0n) is 14.9. The molecule has 0 aliphatic carbocycles. The fraction of sp³-hybridized carbons (Fsp3) is 0.136. The minimum Gasteiger partial charge on any atom is -0.493 e. The van der Waals surface area contributed by atoms with Crippen molar-refractivity contribution in [3.63, 3.8) is 0 Å². The third-order valence-electron chi connectivity index (χ3n) is 3.86. The minimum absolute atomic E-state index is 0.179. The van der Waals surface area contributed by atoms with E-state index < -0.39 is 0 Å². The molecule has 0 saturated carbocycles. The number of ether oxygens (including phenoxy) is 2. The van der Waals surface area contributed by atoms with Crippen LogP contribution in [0.3, 0.4) is 0 Å². The van der Waals surface area contributed by atoms with Crippen molar-refractivity contribution in [1.82, 2.24) is 0 Å². The van der Waals surface area contributed by atoms with Crippen LogP contribution in [0.1, 0.15) is 22.8 Å². The monoisotopic (exact) mass is 425 g/mol. The highest BCUT2D eigenvalue weighted by Crippen LogP contribution is 2.23. The minimum atomic E-state index is -0.179. The van der Waals surface area contributed by atoms with E-state index in [2.05, 4.69) is 21.2 Å². The maximum Gasteiger partial charge on any atom is 0.255 e. The van der Waals surface area contributed by atoms with Gasteiger partial charge >= 0.3 is 0 Å². The molecule has 3 rings (SSSR count). The molecule has 4 nitrogen and oxygen atoms in total. The second-order valence-electron chi connectivity index (χ2n) is 5.82. The molecule has 0 bridgehead atoms. The van der Waals surface area contributed by atoms with E-state index in [4.69, 9.17) is 9.47 Å². The van der Waals surface area contributed by atoms with E-state index in [0.717, 1.165) is 21.5 Å². The van der Waals surface area contributed by atoms with Crippen LogP contribution in [0, 0.1) is 0 Å². The van der Waals surface area contributed by atoms with Crippen LogP contribution in [-0.4, -0.2) is 12.5 Å². The van der Waals surface area contributed by atoms with Crippen molar-refractivity contribution in [3.8, 4) is 11.5 Å². The number of carbonyl (C=O) groups excluding carboxylic acids is 1. The third kappa shape index (κ3) is 5.34. The van der Waals surface area contributed by atoms with Gasteiger partial charge in [-0.25, -0.2) is 0 Å². The zero-order valence-corrected chi connectivity index (χ0v) is 16.5. The number of para-hydroxylation sites is 1. The number of amides is 1. The first-order valence-electron chi connectivity index (χ1n) is 8.66. The summed E-state index contributed by atoms with van der Waals surface area (Å²) in [6, 6.07) is 22.4. The summed E-state index contributed by atoms with van der Waals surface area (Å²) in [5.74, 6) is 1.31. The van der Waals surface area contributed by atoms with Crippen LogP contribution in [-0.2, 0) is 6.61 Å². The normalized spacial score (nSPS) is 10.3. The van der Waals surface area contributed by atoms with Crippen molar-refractivity contribution < 1.29 is 14.3 Å². The van der Waals surface area contributed by atoms with Gasteiger partial charge in [0.2, 0.25) is 0 Å². The van der Waals surface area contributed by atoms with Gasteiger partial charge in [-0.15, -0.1) is 0 Å². The van der Waals surface area contributed by atoms with Crippen LogP contribution in [0.4, 0.5) is 5.69 Å². The molecule has 3 aromatic rings. The van der Waals surface area contributed by atoms with E-state index in [9.17, 15) is 4.79 Å². The first kappa shape index (κ1) is 19.0. The quantitative estimate of drug-likeness (QED) is 0.529. The number of halogens is 1. The molecule has 138 valence electrons. The van der Waals surface area contributed by atoms with Gasteiger partial charge in [-0.2, -0.15) is 0 Å². The molecule has 0 spiro atoms. The van der Waals surface area contributed by atoms with Crippen molar-refractivity contribution in [1.29, 1.82) is 0 Å². The zero-order chi connectivity index (χ0) is 19.1. The van der Waals surface area contributed by atoms with Crippen LogP contribution in [0.2, 0.25) is 0 Å². The Morgan fingerprint density at radius 1 is 0.963 bits per heavy atom. The molecule has 0 heterocycles. The Bertz CT molecular complexity index is 895. The van der Waals surface area contributed by atoms with Crippen molar-refractivity contribution in [2.75, 3.05) is 11.9 Å². The summed E-state index contributed by atoms with van der Waals surface area (Å²) < 4.78 is 12.5. The molecule has 0 fully saturated rings. The molecule has 0 aliphatic heterocycles. The van der Waals surface area contributed by atoms with Crippen LogP contribution in [0.25, 0.3) is 0 Å². The molecule has 3 aromatic carbocycles.